The van der Waals surface area contributed by atoms with Crippen molar-refractivity contribution in [2.24, 2.45) is 17.6 Å². The van der Waals surface area contributed by atoms with E-state index in [0.29, 0.717) is 29.2 Å². The Morgan fingerprint density at radius 2 is 1.79 bits per heavy atom. The minimum Gasteiger partial charge on any atom is -0.510 e. The maximum absolute atomic E-state index is 13.8. The molecule has 1 aromatic carbocycles. The molecule has 4 unspecified atom stereocenters. The summed E-state index contributed by atoms with van der Waals surface area (Å²) in [4.78, 5) is 42.8. The molecule has 4 atom stereocenters. The van der Waals surface area contributed by atoms with Crippen molar-refractivity contribution in [3.8, 4) is 17.1 Å². The number of primary amides is 1. The highest BCUT2D eigenvalue weighted by Gasteiger charge is 2.63. The molecule has 0 fully saturated rings. The third-order valence-corrected chi connectivity index (χ3v) is 8.01. The predicted octanol–water partition coefficient (Wildman–Crippen LogP) is 1.44. The molecule has 11 heteroatoms. The maximum atomic E-state index is 13.8. The Labute approximate surface area is 224 Å². The molecule has 0 aliphatic heterocycles. The zero-order valence-corrected chi connectivity index (χ0v) is 22.1. The molecule has 206 valence electrons. The van der Waals surface area contributed by atoms with E-state index in [1.165, 1.54) is 11.0 Å². The topological polar surface area (TPSA) is 178 Å². The number of hydrogen-bond acceptors (Lipinski definition) is 10. The smallest absolute Gasteiger partial charge is 0.255 e. The van der Waals surface area contributed by atoms with Gasteiger partial charge in [0.05, 0.1) is 18.2 Å². The monoisotopic (exact) mass is 537 g/mol. The molecule has 5 rings (SSSR count). The van der Waals surface area contributed by atoms with Gasteiger partial charge >= 0.3 is 0 Å². The zero-order valence-electron chi connectivity index (χ0n) is 22.1. The molecule has 11 nitrogen and oxygen atoms in total. The fraction of sp³-hybridized carbons (Fsp3) is 0.393. The number of amides is 1. The average Bonchev–Trinajstić information content (AvgIpc) is 3.28. The van der Waals surface area contributed by atoms with Crippen molar-refractivity contribution < 1.29 is 39.2 Å². The van der Waals surface area contributed by atoms with E-state index in [1.54, 1.807) is 26.2 Å². The average molecular weight is 538 g/mol. The van der Waals surface area contributed by atoms with E-state index in [-0.39, 0.29) is 29.7 Å². The van der Waals surface area contributed by atoms with Crippen molar-refractivity contribution in [3.63, 3.8) is 0 Å². The number of allylic oxidation sites excluding steroid dienone is 1. The van der Waals surface area contributed by atoms with Crippen LogP contribution in [0, 0.1) is 11.8 Å². The summed E-state index contributed by atoms with van der Waals surface area (Å²) in [5.41, 5.74) is 2.72. The molecule has 6 N–H and O–H groups in total. The number of phenolic OH excluding ortho intramolecular Hbond substituents is 1. The van der Waals surface area contributed by atoms with Gasteiger partial charge in [0.15, 0.2) is 11.4 Å². The van der Waals surface area contributed by atoms with Crippen molar-refractivity contribution >= 4 is 17.5 Å². The van der Waals surface area contributed by atoms with Crippen LogP contribution in [0.2, 0.25) is 0 Å². The quantitative estimate of drug-likeness (QED) is 0.351. The summed E-state index contributed by atoms with van der Waals surface area (Å²) in [5, 5.41) is 44.7. The second-order valence-corrected chi connectivity index (χ2v) is 11.0. The second-order valence-electron chi connectivity index (χ2n) is 11.0. The van der Waals surface area contributed by atoms with E-state index in [1.807, 2.05) is 25.1 Å². The SMILES string of the molecule is CN(C)Cc1ccc(-c2ccc(O)c3c2CC2CC4C(N(C)C)C(O)=C(C(N)=O)C(=O)C4(O)C(O)=C2C3=O)o1. The first-order valence-electron chi connectivity index (χ1n) is 12.5. The van der Waals surface area contributed by atoms with E-state index in [4.69, 9.17) is 10.2 Å². The number of likely N-dealkylation sites (N-methyl/N-ethyl adjacent to an activating group) is 1. The van der Waals surface area contributed by atoms with Crippen molar-refractivity contribution in [2.75, 3.05) is 28.2 Å². The minimum atomic E-state index is -2.67. The van der Waals surface area contributed by atoms with Gasteiger partial charge in [0.1, 0.15) is 34.4 Å². The summed E-state index contributed by atoms with van der Waals surface area (Å²) in [7, 11) is 6.99. The summed E-state index contributed by atoms with van der Waals surface area (Å²) < 4.78 is 6.02. The van der Waals surface area contributed by atoms with Gasteiger partial charge in [0.25, 0.3) is 5.91 Å². The molecule has 0 saturated heterocycles. The molecule has 3 aliphatic carbocycles. The summed E-state index contributed by atoms with van der Waals surface area (Å²) in [6, 6.07) is 5.59. The van der Waals surface area contributed by atoms with Gasteiger partial charge in [-0.05, 0) is 76.8 Å². The zero-order chi connectivity index (χ0) is 28.5. The number of carbonyl (C=O) groups excluding carboxylic acids is 3. The summed E-state index contributed by atoms with van der Waals surface area (Å²) in [5.74, 6) is -5.60. The molecular formula is C28H31N3O8. The molecule has 0 saturated carbocycles. The number of phenols is 1. The predicted molar refractivity (Wildman–Crippen MR) is 139 cm³/mol. The van der Waals surface area contributed by atoms with E-state index in [0.717, 1.165) is 0 Å². The van der Waals surface area contributed by atoms with Crippen LogP contribution in [0.3, 0.4) is 0 Å². The Balaban J connectivity index is 1.67. The van der Waals surface area contributed by atoms with Crippen molar-refractivity contribution in [1.82, 2.24) is 9.80 Å². The van der Waals surface area contributed by atoms with Gasteiger partial charge in [0, 0.05) is 17.1 Å². The third kappa shape index (κ3) is 3.80. The molecule has 0 bridgehead atoms. The summed E-state index contributed by atoms with van der Waals surface area (Å²) in [6.45, 7) is 0.563. The van der Waals surface area contributed by atoms with Crippen LogP contribution < -0.4 is 5.73 Å². The molecule has 1 aromatic heterocycles. The van der Waals surface area contributed by atoms with Crippen LogP contribution in [-0.2, 0) is 22.6 Å². The maximum Gasteiger partial charge on any atom is 0.255 e. The van der Waals surface area contributed by atoms with Crippen LogP contribution in [-0.4, -0.2) is 87.5 Å². The van der Waals surface area contributed by atoms with Gasteiger partial charge in [-0.2, -0.15) is 0 Å². The number of hydrogen-bond donors (Lipinski definition) is 5. The lowest BCUT2D eigenvalue weighted by Gasteiger charge is -2.50. The van der Waals surface area contributed by atoms with E-state index >= 15 is 0 Å². The summed E-state index contributed by atoms with van der Waals surface area (Å²) >= 11 is 0. The second kappa shape index (κ2) is 9.08. The van der Waals surface area contributed by atoms with Gasteiger partial charge in [-0.25, -0.2) is 0 Å². The van der Waals surface area contributed by atoms with Crippen LogP contribution in [0.1, 0.15) is 28.1 Å². The minimum absolute atomic E-state index is 0.0187. The lowest BCUT2D eigenvalue weighted by molar-refractivity contribution is -0.148. The van der Waals surface area contributed by atoms with Crippen molar-refractivity contribution in [2.45, 2.75) is 31.0 Å². The standard InChI is InChI=1S/C28H31N3O8/c1-30(2)11-13-5-8-18(39-13)14-6-7-17(32)20-15(14)9-12-10-16-22(31(3)4)24(34)21(27(29)37)26(36)28(16,38)25(35)19(12)23(20)33/h5-8,12,16,22,32,34-35,38H,9-11H2,1-4H3,(H2,29,37). The normalized spacial score (nSPS) is 26.7. The van der Waals surface area contributed by atoms with Crippen molar-refractivity contribution in [1.29, 1.82) is 0 Å². The third-order valence-electron chi connectivity index (χ3n) is 8.01. The highest BCUT2D eigenvalue weighted by Crippen LogP contribution is 2.53. The molecule has 0 radical (unpaired) electrons. The molecule has 1 heterocycles. The number of benzene rings is 1. The lowest BCUT2D eigenvalue weighted by Crippen LogP contribution is -2.63. The van der Waals surface area contributed by atoms with E-state index in [2.05, 4.69) is 0 Å². The summed E-state index contributed by atoms with van der Waals surface area (Å²) in [6.07, 6.45) is 0.201. The molecular weight excluding hydrogens is 506 g/mol. The number of Topliss-reactive ketones (excluding diaryl/α,β-unsaturated/α-hetero) is 2. The fourth-order valence-corrected chi connectivity index (χ4v) is 6.40. The Bertz CT molecular complexity index is 1480. The Hall–Kier alpha value is -3.93. The molecule has 2 aromatic rings. The molecule has 3 aliphatic rings. The number of fused-ring (bicyclic) bond motifs is 3. The number of aliphatic hydroxyl groups excluding tert-OH is 2. The fourth-order valence-electron chi connectivity index (χ4n) is 6.40. The van der Waals surface area contributed by atoms with Gasteiger partial charge in [0.2, 0.25) is 5.78 Å². The highest BCUT2D eigenvalue weighted by atomic mass is 16.4. The Kier molecular flexibility index (Phi) is 6.21. The van der Waals surface area contributed by atoms with Gasteiger partial charge in [-0.3, -0.25) is 19.3 Å². The van der Waals surface area contributed by atoms with Crippen LogP contribution in [0.25, 0.3) is 11.3 Å². The molecule has 1 amide bonds. The van der Waals surface area contributed by atoms with Gasteiger partial charge < -0.3 is 35.5 Å². The number of nitrogens with two attached hydrogens (primary N) is 1. The largest absolute Gasteiger partial charge is 0.510 e. The Morgan fingerprint density at radius 3 is 2.41 bits per heavy atom. The number of carbonyl (C=O) groups is 3. The number of aliphatic hydroxyl groups is 3. The lowest BCUT2D eigenvalue weighted by atomic mass is 9.58. The van der Waals surface area contributed by atoms with Crippen LogP contribution in [0.15, 0.2) is 51.3 Å². The Morgan fingerprint density at radius 1 is 1.10 bits per heavy atom. The van der Waals surface area contributed by atoms with Crippen LogP contribution in [0.4, 0.5) is 0 Å². The number of nitrogens with zero attached hydrogens (tertiary/aromatic N) is 2. The van der Waals surface area contributed by atoms with E-state index < -0.39 is 58.0 Å². The number of furan rings is 1. The first-order chi connectivity index (χ1) is 18.3. The number of rotatable bonds is 5. The van der Waals surface area contributed by atoms with E-state index in [9.17, 15) is 34.8 Å². The first-order valence-corrected chi connectivity index (χ1v) is 12.5. The van der Waals surface area contributed by atoms with Gasteiger partial charge in [-0.1, -0.05) is 0 Å². The van der Waals surface area contributed by atoms with Crippen molar-refractivity contribution in [3.05, 3.63) is 63.8 Å². The van der Waals surface area contributed by atoms with Gasteiger partial charge in [-0.15, -0.1) is 0 Å². The first kappa shape index (κ1) is 26.7. The van der Waals surface area contributed by atoms with Crippen LogP contribution >= 0.6 is 0 Å². The highest BCUT2D eigenvalue weighted by molar-refractivity contribution is 6.24. The number of aromatic hydroxyl groups is 1. The number of ketones is 2. The molecule has 39 heavy (non-hydrogen) atoms. The molecule has 0 spiro atoms. The van der Waals surface area contributed by atoms with Crippen LogP contribution in [0.5, 0.6) is 5.75 Å².